The zero-order valence-corrected chi connectivity index (χ0v) is 8.34. The Morgan fingerprint density at radius 3 is 2.08 bits per heavy atom. The van der Waals surface area contributed by atoms with Crippen molar-refractivity contribution in [2.24, 2.45) is 0 Å². The van der Waals surface area contributed by atoms with E-state index >= 15 is 0 Å². The Morgan fingerprint density at radius 2 is 1.69 bits per heavy atom. The molecule has 0 heterocycles. The van der Waals surface area contributed by atoms with Gasteiger partial charge in [-0.2, -0.15) is 0 Å². The third kappa shape index (κ3) is 4.30. The summed E-state index contributed by atoms with van der Waals surface area (Å²) in [6.45, 7) is 6.40. The van der Waals surface area contributed by atoms with Crippen LogP contribution >= 0.6 is 0 Å². The van der Waals surface area contributed by atoms with E-state index < -0.39 is 11.9 Å². The molecular formula is C9H14O4. The monoisotopic (exact) mass is 186 g/mol. The molecule has 0 radical (unpaired) electrons. The van der Waals surface area contributed by atoms with E-state index in [1.54, 1.807) is 20.8 Å². The largest absolute Gasteiger partial charge is 0.463 e. The van der Waals surface area contributed by atoms with Crippen molar-refractivity contribution < 1.29 is 19.1 Å². The van der Waals surface area contributed by atoms with E-state index in [-0.39, 0.29) is 5.76 Å². The van der Waals surface area contributed by atoms with Crippen molar-refractivity contribution in [1.29, 1.82) is 0 Å². The van der Waals surface area contributed by atoms with Crippen LogP contribution < -0.4 is 0 Å². The Balaban J connectivity index is 4.41. The molecule has 0 N–H and O–H groups in total. The second-order valence-corrected chi connectivity index (χ2v) is 2.50. The molecule has 0 saturated heterocycles. The van der Waals surface area contributed by atoms with E-state index in [1.807, 2.05) is 0 Å². The van der Waals surface area contributed by atoms with E-state index in [0.717, 1.165) is 0 Å². The number of carbonyl (C=O) groups excluding carboxylic acids is 2. The third-order valence-electron chi connectivity index (χ3n) is 1.41. The number of hydrogen-bond acceptors (Lipinski definition) is 4. The molecule has 0 aliphatic carbocycles. The second-order valence-electron chi connectivity index (χ2n) is 2.50. The zero-order valence-electron chi connectivity index (χ0n) is 8.34. The molecule has 0 amide bonds. The average molecular weight is 186 g/mol. The van der Waals surface area contributed by atoms with Crippen LogP contribution in [0.3, 0.4) is 0 Å². The van der Waals surface area contributed by atoms with Crippen molar-refractivity contribution in [3.63, 3.8) is 0 Å². The predicted molar refractivity (Wildman–Crippen MR) is 46.8 cm³/mol. The Labute approximate surface area is 77.5 Å². The van der Waals surface area contributed by atoms with Crippen LogP contribution in [0.2, 0.25) is 0 Å². The van der Waals surface area contributed by atoms with Crippen LogP contribution in [-0.2, 0) is 19.1 Å². The number of carbonyl (C=O) groups is 2. The lowest BCUT2D eigenvalue weighted by Gasteiger charge is -2.05. The summed E-state index contributed by atoms with van der Waals surface area (Å²) < 4.78 is 9.44. The van der Waals surface area contributed by atoms with Gasteiger partial charge >= 0.3 is 11.9 Å². The van der Waals surface area contributed by atoms with E-state index in [0.29, 0.717) is 12.2 Å². The summed E-state index contributed by atoms with van der Waals surface area (Å²) in [4.78, 5) is 21.6. The maximum absolute atomic E-state index is 11.1. The molecule has 0 saturated carbocycles. The average Bonchev–Trinajstić information content (AvgIpc) is 2.02. The van der Waals surface area contributed by atoms with Crippen LogP contribution in [0.15, 0.2) is 11.3 Å². The van der Waals surface area contributed by atoms with Crippen LogP contribution in [0, 0.1) is 0 Å². The normalized spacial score (nSPS) is 11.7. The van der Waals surface area contributed by atoms with E-state index in [1.165, 1.54) is 6.92 Å². The minimum absolute atomic E-state index is 0.283. The predicted octanol–water partition coefficient (Wildman–Crippen LogP) is 1.41. The van der Waals surface area contributed by atoms with Gasteiger partial charge in [0.05, 0.1) is 12.2 Å². The molecule has 13 heavy (non-hydrogen) atoms. The first-order valence-corrected chi connectivity index (χ1v) is 4.02. The van der Waals surface area contributed by atoms with Gasteiger partial charge in [0.25, 0.3) is 0 Å². The maximum Gasteiger partial charge on any atom is 0.337 e. The quantitative estimate of drug-likeness (QED) is 0.380. The molecule has 0 aromatic rings. The summed E-state index contributed by atoms with van der Waals surface area (Å²) in [6, 6.07) is 0. The molecule has 0 rings (SSSR count). The molecule has 0 atom stereocenters. The number of rotatable bonds is 3. The Morgan fingerprint density at radius 1 is 1.15 bits per heavy atom. The number of esters is 2. The highest BCUT2D eigenvalue weighted by Gasteiger charge is 2.10. The number of ether oxygens (including phenoxy) is 2. The van der Waals surface area contributed by atoms with Gasteiger partial charge in [0.2, 0.25) is 0 Å². The van der Waals surface area contributed by atoms with Crippen molar-refractivity contribution in [1.82, 2.24) is 0 Å². The molecule has 0 fully saturated rings. The number of allylic oxidation sites excluding steroid dienone is 1. The SMILES string of the molecule is CCOC(=O)/C(C)=C(\C)OC(C)=O. The molecule has 4 nitrogen and oxygen atoms in total. The molecule has 0 aromatic carbocycles. The molecule has 0 aromatic heterocycles. The molecular weight excluding hydrogens is 172 g/mol. The standard InChI is InChI=1S/C9H14O4/c1-5-12-9(11)6(2)7(3)13-8(4)10/h5H2,1-4H3/b7-6+. The lowest BCUT2D eigenvalue weighted by atomic mass is 10.3. The van der Waals surface area contributed by atoms with Crippen molar-refractivity contribution in [3.8, 4) is 0 Å². The molecule has 0 aliphatic rings. The Hall–Kier alpha value is -1.32. The van der Waals surface area contributed by atoms with Gasteiger partial charge in [-0.25, -0.2) is 4.79 Å². The minimum atomic E-state index is -0.457. The van der Waals surface area contributed by atoms with Crippen LogP contribution in [0.25, 0.3) is 0 Å². The fourth-order valence-corrected chi connectivity index (χ4v) is 0.675. The Bertz CT molecular complexity index is 240. The van der Waals surface area contributed by atoms with Gasteiger partial charge in [0.1, 0.15) is 5.76 Å². The summed E-state index contributed by atoms with van der Waals surface area (Å²) in [7, 11) is 0. The summed E-state index contributed by atoms with van der Waals surface area (Å²) >= 11 is 0. The molecule has 0 bridgehead atoms. The zero-order chi connectivity index (χ0) is 10.4. The molecule has 0 aliphatic heterocycles. The van der Waals surface area contributed by atoms with Gasteiger partial charge in [-0.1, -0.05) is 0 Å². The summed E-state index contributed by atoms with van der Waals surface area (Å²) in [5.74, 6) is -0.617. The maximum atomic E-state index is 11.1. The third-order valence-corrected chi connectivity index (χ3v) is 1.41. The highest BCUT2D eigenvalue weighted by Crippen LogP contribution is 2.07. The topological polar surface area (TPSA) is 52.6 Å². The van der Waals surface area contributed by atoms with Crippen LogP contribution in [0.4, 0.5) is 0 Å². The van der Waals surface area contributed by atoms with E-state index in [2.05, 4.69) is 0 Å². The number of hydrogen-bond donors (Lipinski definition) is 0. The molecule has 0 unspecified atom stereocenters. The van der Waals surface area contributed by atoms with Crippen molar-refractivity contribution in [2.45, 2.75) is 27.7 Å². The van der Waals surface area contributed by atoms with E-state index in [4.69, 9.17) is 9.47 Å². The summed E-state index contributed by atoms with van der Waals surface area (Å²) in [5.41, 5.74) is 0.317. The summed E-state index contributed by atoms with van der Waals surface area (Å²) in [5, 5.41) is 0. The lowest BCUT2D eigenvalue weighted by molar-refractivity contribution is -0.139. The second kappa shape index (κ2) is 5.35. The van der Waals surface area contributed by atoms with Crippen LogP contribution in [0.1, 0.15) is 27.7 Å². The molecule has 74 valence electrons. The fraction of sp³-hybridized carbons (Fsp3) is 0.556. The van der Waals surface area contributed by atoms with Gasteiger partial charge in [-0.15, -0.1) is 0 Å². The first-order chi connectivity index (χ1) is 5.99. The van der Waals surface area contributed by atoms with Crippen LogP contribution in [-0.4, -0.2) is 18.5 Å². The molecule has 4 heteroatoms. The van der Waals surface area contributed by atoms with Crippen LogP contribution in [0.5, 0.6) is 0 Å². The van der Waals surface area contributed by atoms with Gasteiger partial charge < -0.3 is 9.47 Å². The van der Waals surface area contributed by atoms with Crippen molar-refractivity contribution >= 4 is 11.9 Å². The highest BCUT2D eigenvalue weighted by molar-refractivity contribution is 5.88. The first-order valence-electron chi connectivity index (χ1n) is 4.02. The van der Waals surface area contributed by atoms with Gasteiger partial charge in [-0.3, -0.25) is 4.79 Å². The first kappa shape index (κ1) is 11.7. The fourth-order valence-electron chi connectivity index (χ4n) is 0.675. The van der Waals surface area contributed by atoms with Gasteiger partial charge in [0, 0.05) is 6.92 Å². The molecule has 0 spiro atoms. The van der Waals surface area contributed by atoms with Crippen molar-refractivity contribution in [3.05, 3.63) is 11.3 Å². The highest BCUT2D eigenvalue weighted by atomic mass is 16.5. The Kier molecular flexibility index (Phi) is 4.80. The van der Waals surface area contributed by atoms with Gasteiger partial charge in [0.15, 0.2) is 0 Å². The van der Waals surface area contributed by atoms with Crippen molar-refractivity contribution in [2.75, 3.05) is 6.61 Å². The lowest BCUT2D eigenvalue weighted by Crippen LogP contribution is -2.09. The minimum Gasteiger partial charge on any atom is -0.463 e. The van der Waals surface area contributed by atoms with Gasteiger partial charge in [-0.05, 0) is 20.8 Å². The summed E-state index contributed by atoms with van der Waals surface area (Å²) in [6.07, 6.45) is 0. The smallest absolute Gasteiger partial charge is 0.337 e. The van der Waals surface area contributed by atoms with E-state index in [9.17, 15) is 9.59 Å².